The Bertz CT molecular complexity index is 2070. The third-order valence-electron chi connectivity index (χ3n) is 10.1. The first-order valence-electron chi connectivity index (χ1n) is 18.6. The van der Waals surface area contributed by atoms with Crippen LogP contribution in [0.3, 0.4) is 0 Å². The molecular weight excluding hydrogens is 887 g/mol. The van der Waals surface area contributed by atoms with Gasteiger partial charge in [-0.1, -0.05) is 112 Å². The lowest BCUT2D eigenvalue weighted by Crippen LogP contribution is -2.27. The molecule has 0 heterocycles. The fourth-order valence-corrected chi connectivity index (χ4v) is 9.01. The molecule has 0 saturated carbocycles. The van der Waals surface area contributed by atoms with E-state index in [2.05, 4.69) is 96.0 Å². The van der Waals surface area contributed by atoms with Gasteiger partial charge in [0.1, 0.15) is 23.0 Å². The van der Waals surface area contributed by atoms with E-state index in [1.165, 1.54) is 0 Å². The van der Waals surface area contributed by atoms with Crippen LogP contribution >= 0.6 is 55.1 Å². The van der Waals surface area contributed by atoms with Crippen LogP contribution in [0.25, 0.3) is 0 Å². The molecule has 0 aliphatic heterocycles. The lowest BCUT2D eigenvalue weighted by atomic mass is 9.77. The second kappa shape index (κ2) is 18.7. The summed E-state index contributed by atoms with van der Waals surface area (Å²) in [5, 5.41) is 1.06. The van der Waals surface area contributed by atoms with E-state index in [0.717, 1.165) is 42.7 Å². The van der Waals surface area contributed by atoms with Gasteiger partial charge in [-0.2, -0.15) is 0 Å². The normalized spacial score (nSPS) is 12.8. The fraction of sp³-hybridized carbons (Fsp3) is 0.250. The molecule has 0 aliphatic carbocycles. The van der Waals surface area contributed by atoms with Crippen molar-refractivity contribution in [3.8, 4) is 34.5 Å². The summed E-state index contributed by atoms with van der Waals surface area (Å²) in [4.78, 5) is 0. The van der Waals surface area contributed by atoms with Gasteiger partial charge in [-0.15, -0.1) is 0 Å². The van der Waals surface area contributed by atoms with Crippen LogP contribution in [-0.2, 0) is 15.6 Å². The molecule has 0 radical (unpaired) electrons. The van der Waals surface area contributed by atoms with Crippen molar-refractivity contribution in [3.05, 3.63) is 175 Å². The summed E-state index contributed by atoms with van der Waals surface area (Å²) in [6.45, 7) is 8.84. The number of benzene rings is 6. The molecule has 6 aromatic carbocycles. The van der Waals surface area contributed by atoms with Crippen molar-refractivity contribution in [2.75, 3.05) is 14.2 Å². The first-order chi connectivity index (χ1) is 27.3. The minimum absolute atomic E-state index is 0.398. The minimum Gasteiger partial charge on any atom is -0.494 e. The largest absolute Gasteiger partial charge is 0.494 e. The highest BCUT2D eigenvalue weighted by Crippen LogP contribution is 2.47. The Morgan fingerprint density at radius 3 is 1.21 bits per heavy atom. The number of hydrogen-bond acceptors (Lipinski definition) is 5. The average Bonchev–Trinajstić information content (AvgIpc) is 3.18. The predicted molar refractivity (Wildman–Crippen MR) is 239 cm³/mol. The summed E-state index contributed by atoms with van der Waals surface area (Å²) in [5.41, 5.74) is 3.21. The summed E-state index contributed by atoms with van der Waals surface area (Å²) in [6, 6.07) is 44.0. The van der Waals surface area contributed by atoms with Crippen LogP contribution in [0.15, 0.2) is 142 Å². The smallest absolute Gasteiger partial charge is 0.151 e. The molecular formula is C48H46Br2Cl2O5. The maximum atomic E-state index is 7.51. The van der Waals surface area contributed by atoms with Crippen LogP contribution in [0.1, 0.15) is 75.0 Å². The van der Waals surface area contributed by atoms with Crippen molar-refractivity contribution in [1.82, 2.24) is 0 Å². The quantitative estimate of drug-likeness (QED) is 0.0968. The lowest BCUT2D eigenvalue weighted by molar-refractivity contribution is -0.0413. The summed E-state index contributed by atoms with van der Waals surface area (Å²) in [7, 11) is 3.23. The number of para-hydroxylation sites is 2. The molecule has 6 aromatic rings. The molecule has 0 saturated heterocycles. The first-order valence-corrected chi connectivity index (χ1v) is 21.0. The Balaban J connectivity index is 1.44. The number of rotatable bonds is 16. The van der Waals surface area contributed by atoms with Crippen LogP contribution in [0.5, 0.6) is 34.5 Å². The second-order valence-corrected chi connectivity index (χ2v) is 17.7. The molecule has 296 valence electrons. The average molecular weight is 934 g/mol. The highest BCUT2D eigenvalue weighted by molar-refractivity contribution is 9.11. The van der Waals surface area contributed by atoms with Crippen LogP contribution in [-0.4, -0.2) is 14.2 Å². The summed E-state index contributed by atoms with van der Waals surface area (Å²) in [6.07, 6.45) is 0.413. The molecule has 2 atom stereocenters. The van der Waals surface area contributed by atoms with E-state index in [1.54, 1.807) is 14.2 Å². The van der Waals surface area contributed by atoms with E-state index >= 15 is 0 Å². The Hall–Kier alpha value is -3.98. The Morgan fingerprint density at radius 2 is 0.860 bits per heavy atom. The van der Waals surface area contributed by atoms with E-state index in [-0.39, 0.29) is 0 Å². The Kier molecular flexibility index (Phi) is 14.0. The van der Waals surface area contributed by atoms with Crippen molar-refractivity contribution < 1.29 is 23.7 Å². The van der Waals surface area contributed by atoms with Gasteiger partial charge >= 0.3 is 0 Å². The van der Waals surface area contributed by atoms with E-state index in [0.29, 0.717) is 45.9 Å². The van der Waals surface area contributed by atoms with Gasteiger partial charge in [0, 0.05) is 0 Å². The first kappa shape index (κ1) is 42.6. The minimum atomic E-state index is -0.411. The van der Waals surface area contributed by atoms with E-state index in [9.17, 15) is 0 Å². The highest BCUT2D eigenvalue weighted by Gasteiger charge is 2.34. The van der Waals surface area contributed by atoms with Gasteiger partial charge in [-0.05, 0) is 151 Å². The highest BCUT2D eigenvalue weighted by atomic mass is 79.9. The maximum Gasteiger partial charge on any atom is 0.151 e. The second-order valence-electron chi connectivity index (χ2n) is 15.2. The van der Waals surface area contributed by atoms with Crippen LogP contribution in [0, 0.1) is 0 Å². The van der Waals surface area contributed by atoms with Crippen molar-refractivity contribution in [3.63, 3.8) is 0 Å². The molecule has 0 N–H and O–H groups in total. The summed E-state index contributed by atoms with van der Waals surface area (Å²) < 4.78 is 32.9. The Labute approximate surface area is 363 Å². The number of halogens is 4. The van der Waals surface area contributed by atoms with Gasteiger partial charge in [0.15, 0.2) is 11.5 Å². The molecule has 0 aromatic heterocycles. The van der Waals surface area contributed by atoms with Gasteiger partial charge < -0.3 is 23.7 Å². The van der Waals surface area contributed by atoms with Crippen LogP contribution in [0.4, 0.5) is 0 Å². The molecule has 5 nitrogen and oxygen atoms in total. The summed E-state index contributed by atoms with van der Waals surface area (Å²) in [5.74, 6) is 4.13. The van der Waals surface area contributed by atoms with Crippen molar-refractivity contribution in [2.24, 2.45) is 0 Å². The zero-order valence-corrected chi connectivity index (χ0v) is 37.5. The summed E-state index contributed by atoms with van der Waals surface area (Å²) >= 11 is 20.9. The van der Waals surface area contributed by atoms with E-state index < -0.39 is 23.0 Å². The molecule has 0 fully saturated rings. The molecule has 2 unspecified atom stereocenters. The monoisotopic (exact) mass is 930 g/mol. The lowest BCUT2D eigenvalue weighted by Gasteiger charge is -2.36. The maximum absolute atomic E-state index is 7.51. The van der Waals surface area contributed by atoms with Crippen molar-refractivity contribution in [2.45, 2.75) is 63.6 Å². The molecule has 0 amide bonds. The van der Waals surface area contributed by atoms with Gasteiger partial charge in [-0.3, -0.25) is 0 Å². The number of methoxy groups -OCH3 is 2. The van der Waals surface area contributed by atoms with Crippen LogP contribution < -0.4 is 18.9 Å². The van der Waals surface area contributed by atoms with E-state index in [1.807, 2.05) is 97.1 Å². The van der Waals surface area contributed by atoms with Gasteiger partial charge in [0.25, 0.3) is 0 Å². The Morgan fingerprint density at radius 1 is 0.491 bits per heavy atom. The van der Waals surface area contributed by atoms with E-state index in [4.69, 9.17) is 46.9 Å². The molecule has 57 heavy (non-hydrogen) atoms. The third kappa shape index (κ3) is 10.8. The topological polar surface area (TPSA) is 46.2 Å². The van der Waals surface area contributed by atoms with Gasteiger partial charge in [-0.25, -0.2) is 0 Å². The third-order valence-corrected chi connectivity index (χ3v) is 11.8. The van der Waals surface area contributed by atoms with Crippen LogP contribution in [0.2, 0.25) is 10.0 Å². The molecule has 0 spiro atoms. The fourth-order valence-electron chi connectivity index (χ4n) is 6.95. The molecule has 6 rings (SSSR count). The van der Waals surface area contributed by atoms with Crippen molar-refractivity contribution in [1.29, 1.82) is 0 Å². The zero-order valence-electron chi connectivity index (χ0n) is 32.8. The molecule has 9 heteroatoms. The van der Waals surface area contributed by atoms with Gasteiger partial charge in [0.2, 0.25) is 0 Å². The molecule has 0 bridgehead atoms. The SMILES string of the molecule is COc1c(Cl)cc(C(C)(C)CC(OC(CC(C)(C)c2cc(Cl)c(OC)c(Br)c2)c2cccc(Oc3ccccc3)c2)c2cccc(Oc3ccccc3)c2)cc1Br. The predicted octanol–water partition coefficient (Wildman–Crippen LogP) is 15.7. The standard InChI is InChI=1S/C48H46Br2Cl2O5/c1-47(2,33-25-39(49)45(53-5)41(51)27-33)29-43(31-15-13-21-37(23-31)55-35-17-9-7-10-18-35)57-44(30-48(3,4)34-26-40(50)46(54-6)42(52)28-34)32-16-14-22-38(24-32)56-36-19-11-8-12-20-36/h7-28,43-44H,29-30H2,1-6H3. The molecule has 0 aliphatic rings. The zero-order chi connectivity index (χ0) is 40.7. The number of hydrogen-bond donors (Lipinski definition) is 0. The number of ether oxygens (including phenoxy) is 5. The van der Waals surface area contributed by atoms with Gasteiger partial charge in [0.05, 0.1) is 45.4 Å². The van der Waals surface area contributed by atoms with Crippen molar-refractivity contribution >= 4 is 55.1 Å².